The fourth-order valence-corrected chi connectivity index (χ4v) is 3.39. The molecule has 0 aromatic heterocycles. The van der Waals surface area contributed by atoms with Crippen LogP contribution in [0.5, 0.6) is 5.75 Å². The zero-order chi connectivity index (χ0) is 18.7. The van der Waals surface area contributed by atoms with Crippen molar-refractivity contribution in [3.8, 4) is 5.75 Å². The molecule has 0 spiro atoms. The van der Waals surface area contributed by atoms with Gasteiger partial charge in [-0.3, -0.25) is 9.59 Å². The maximum atomic E-state index is 12.7. The van der Waals surface area contributed by atoms with Gasteiger partial charge in [-0.05, 0) is 61.5 Å². The maximum Gasteiger partial charge on any atom is 0.298 e. The number of benzene rings is 2. The number of nitrogens with zero attached hydrogens (tertiary/aromatic N) is 1. The number of rotatable bonds is 5. The molecule has 2 aromatic rings. The molecule has 6 heteroatoms. The van der Waals surface area contributed by atoms with Crippen molar-refractivity contribution in [3.05, 3.63) is 64.0 Å². The van der Waals surface area contributed by atoms with Gasteiger partial charge in [0.2, 0.25) is 0 Å². The van der Waals surface area contributed by atoms with Gasteiger partial charge >= 0.3 is 0 Å². The lowest BCUT2D eigenvalue weighted by Gasteiger charge is -2.15. The highest BCUT2D eigenvalue weighted by molar-refractivity contribution is 8.19. The van der Waals surface area contributed by atoms with Crippen molar-refractivity contribution in [1.29, 1.82) is 0 Å². The molecule has 26 heavy (non-hydrogen) atoms. The lowest BCUT2D eigenvalue weighted by Crippen LogP contribution is -2.27. The minimum atomic E-state index is -0.347. The standard InChI is InChI=1S/C20H18ClNO3S/c1-3-13(2)25-17-7-5-4-6-14(17)12-18-19(23)22(20(24)26-18)16-10-8-15(21)9-11-16/h4-13H,3H2,1-2H3/b18-12-/t13-/m1/s1. The topological polar surface area (TPSA) is 46.6 Å². The number of halogens is 1. The average molecular weight is 388 g/mol. The third-order valence-corrected chi connectivity index (χ3v) is 5.11. The number of amides is 2. The number of carbonyl (C=O) groups excluding carboxylic acids is 2. The Balaban J connectivity index is 1.90. The monoisotopic (exact) mass is 387 g/mol. The highest BCUT2D eigenvalue weighted by atomic mass is 35.5. The van der Waals surface area contributed by atoms with E-state index in [1.54, 1.807) is 30.3 Å². The van der Waals surface area contributed by atoms with Crippen LogP contribution in [0.2, 0.25) is 5.02 Å². The quantitative estimate of drug-likeness (QED) is 0.612. The molecule has 3 rings (SSSR count). The molecule has 0 aliphatic carbocycles. The van der Waals surface area contributed by atoms with E-state index in [0.717, 1.165) is 28.6 Å². The number of para-hydroxylation sites is 1. The van der Waals surface area contributed by atoms with Crippen LogP contribution in [0.1, 0.15) is 25.8 Å². The molecule has 1 saturated heterocycles. The number of anilines is 1. The molecule has 0 unspecified atom stereocenters. The van der Waals surface area contributed by atoms with Crippen LogP contribution in [-0.2, 0) is 4.79 Å². The summed E-state index contributed by atoms with van der Waals surface area (Å²) in [6, 6.07) is 14.1. The van der Waals surface area contributed by atoms with Crippen LogP contribution in [0.4, 0.5) is 10.5 Å². The van der Waals surface area contributed by atoms with Gasteiger partial charge < -0.3 is 4.74 Å². The number of imide groups is 1. The molecule has 1 atom stereocenters. The van der Waals surface area contributed by atoms with Gasteiger partial charge in [0.15, 0.2) is 0 Å². The lowest BCUT2D eigenvalue weighted by atomic mass is 10.1. The van der Waals surface area contributed by atoms with Crippen molar-refractivity contribution >= 4 is 46.3 Å². The Morgan fingerprint density at radius 3 is 2.54 bits per heavy atom. The summed E-state index contributed by atoms with van der Waals surface area (Å²) in [5, 5.41) is 0.219. The summed E-state index contributed by atoms with van der Waals surface area (Å²) in [7, 11) is 0. The Kier molecular flexibility index (Phi) is 5.69. The van der Waals surface area contributed by atoms with Crippen molar-refractivity contribution in [3.63, 3.8) is 0 Å². The van der Waals surface area contributed by atoms with Crippen LogP contribution in [0.25, 0.3) is 6.08 Å². The van der Waals surface area contributed by atoms with E-state index in [1.807, 2.05) is 38.1 Å². The zero-order valence-corrected chi connectivity index (χ0v) is 16.0. The van der Waals surface area contributed by atoms with E-state index in [9.17, 15) is 9.59 Å². The van der Waals surface area contributed by atoms with Gasteiger partial charge in [-0.15, -0.1) is 0 Å². The summed E-state index contributed by atoms with van der Waals surface area (Å²) < 4.78 is 5.91. The van der Waals surface area contributed by atoms with Gasteiger partial charge in [-0.25, -0.2) is 4.90 Å². The van der Waals surface area contributed by atoms with Crippen molar-refractivity contribution in [1.82, 2.24) is 0 Å². The lowest BCUT2D eigenvalue weighted by molar-refractivity contribution is -0.113. The first-order chi connectivity index (χ1) is 12.5. The van der Waals surface area contributed by atoms with Gasteiger partial charge in [0.1, 0.15) is 5.75 Å². The predicted octanol–water partition coefficient (Wildman–Crippen LogP) is 5.76. The van der Waals surface area contributed by atoms with Gasteiger partial charge in [-0.1, -0.05) is 36.7 Å². The maximum absolute atomic E-state index is 12.7. The number of hydrogen-bond donors (Lipinski definition) is 0. The molecular formula is C20H18ClNO3S. The molecule has 0 N–H and O–H groups in total. The molecule has 134 valence electrons. The number of thioether (sulfide) groups is 1. The highest BCUT2D eigenvalue weighted by Gasteiger charge is 2.36. The van der Waals surface area contributed by atoms with Crippen molar-refractivity contribution < 1.29 is 14.3 Å². The third kappa shape index (κ3) is 3.94. The molecule has 2 aromatic carbocycles. The van der Waals surface area contributed by atoms with E-state index in [1.165, 1.54) is 0 Å². The highest BCUT2D eigenvalue weighted by Crippen LogP contribution is 2.37. The average Bonchev–Trinajstić information content (AvgIpc) is 2.91. The molecule has 1 fully saturated rings. The summed E-state index contributed by atoms with van der Waals surface area (Å²) >= 11 is 6.80. The molecular weight excluding hydrogens is 370 g/mol. The number of carbonyl (C=O) groups is 2. The van der Waals surface area contributed by atoms with Crippen LogP contribution < -0.4 is 9.64 Å². The molecule has 4 nitrogen and oxygen atoms in total. The van der Waals surface area contributed by atoms with E-state index < -0.39 is 0 Å². The predicted molar refractivity (Wildman–Crippen MR) is 107 cm³/mol. The summed E-state index contributed by atoms with van der Waals surface area (Å²) in [5.74, 6) is 0.348. The van der Waals surface area contributed by atoms with Crippen molar-refractivity contribution in [2.45, 2.75) is 26.4 Å². The van der Waals surface area contributed by atoms with Crippen LogP contribution in [-0.4, -0.2) is 17.3 Å². The Labute approximate surface area is 161 Å². The molecule has 0 radical (unpaired) electrons. The Hall–Kier alpha value is -2.24. The summed E-state index contributed by atoms with van der Waals surface area (Å²) in [6.07, 6.45) is 2.65. The second-order valence-corrected chi connectivity index (χ2v) is 7.30. The van der Waals surface area contributed by atoms with Crippen molar-refractivity contribution in [2.75, 3.05) is 4.90 Å². The van der Waals surface area contributed by atoms with E-state index in [4.69, 9.17) is 16.3 Å². The number of ether oxygens (including phenoxy) is 1. The molecule has 2 amide bonds. The Morgan fingerprint density at radius 2 is 1.85 bits per heavy atom. The van der Waals surface area contributed by atoms with Crippen LogP contribution in [0.15, 0.2) is 53.4 Å². The Morgan fingerprint density at radius 1 is 1.15 bits per heavy atom. The first-order valence-corrected chi connectivity index (χ1v) is 9.48. The molecule has 1 aliphatic heterocycles. The fourth-order valence-electron chi connectivity index (χ4n) is 2.43. The van der Waals surface area contributed by atoms with Crippen LogP contribution in [0, 0.1) is 0 Å². The van der Waals surface area contributed by atoms with Crippen LogP contribution in [0.3, 0.4) is 0 Å². The largest absolute Gasteiger partial charge is 0.490 e. The summed E-state index contributed by atoms with van der Waals surface area (Å²) in [5.41, 5.74) is 1.28. The van der Waals surface area contributed by atoms with Crippen LogP contribution >= 0.6 is 23.4 Å². The normalized spacial score (nSPS) is 17.0. The zero-order valence-electron chi connectivity index (χ0n) is 14.4. The minimum Gasteiger partial charge on any atom is -0.490 e. The first kappa shape index (κ1) is 18.5. The van der Waals surface area contributed by atoms with Gasteiger partial charge in [0, 0.05) is 10.6 Å². The third-order valence-electron chi connectivity index (χ3n) is 3.99. The molecule has 0 bridgehead atoms. The summed E-state index contributed by atoms with van der Waals surface area (Å²) in [4.78, 5) is 26.6. The van der Waals surface area contributed by atoms with Gasteiger partial charge in [0.05, 0.1) is 16.7 Å². The van der Waals surface area contributed by atoms with Gasteiger partial charge in [-0.2, -0.15) is 0 Å². The summed E-state index contributed by atoms with van der Waals surface area (Å²) in [6.45, 7) is 4.04. The minimum absolute atomic E-state index is 0.0636. The molecule has 0 saturated carbocycles. The second kappa shape index (κ2) is 7.98. The van der Waals surface area contributed by atoms with E-state index >= 15 is 0 Å². The smallest absolute Gasteiger partial charge is 0.298 e. The molecule has 1 aliphatic rings. The van der Waals surface area contributed by atoms with E-state index in [-0.39, 0.29) is 17.3 Å². The fraction of sp³-hybridized carbons (Fsp3) is 0.200. The molecule has 1 heterocycles. The van der Waals surface area contributed by atoms with E-state index in [0.29, 0.717) is 21.4 Å². The first-order valence-electron chi connectivity index (χ1n) is 8.28. The van der Waals surface area contributed by atoms with Gasteiger partial charge in [0.25, 0.3) is 11.1 Å². The second-order valence-electron chi connectivity index (χ2n) is 5.87. The number of hydrogen-bond acceptors (Lipinski definition) is 4. The van der Waals surface area contributed by atoms with E-state index in [2.05, 4.69) is 0 Å². The SMILES string of the molecule is CC[C@@H](C)Oc1ccccc1/C=C1\SC(=O)N(c2ccc(Cl)cc2)C1=O. The van der Waals surface area contributed by atoms with Crippen molar-refractivity contribution in [2.24, 2.45) is 0 Å². The Bertz CT molecular complexity index is 864.